The molecule has 96 valence electrons. The zero-order valence-electron chi connectivity index (χ0n) is 9.04. The molecule has 1 nitrogen and oxygen atoms in total. The van der Waals surface area contributed by atoms with E-state index in [0.29, 0.717) is 10.9 Å². The van der Waals surface area contributed by atoms with Crippen LogP contribution in [-0.4, -0.2) is 0 Å². The molecule has 0 amide bonds. The molecule has 6 heteroatoms. The van der Waals surface area contributed by atoms with E-state index in [1.165, 1.54) is 11.3 Å². The van der Waals surface area contributed by atoms with Crippen molar-refractivity contribution in [1.29, 1.82) is 0 Å². The van der Waals surface area contributed by atoms with Crippen LogP contribution < -0.4 is 5.73 Å². The van der Waals surface area contributed by atoms with Gasteiger partial charge in [-0.2, -0.15) is 13.2 Å². The Morgan fingerprint density at radius 2 is 1.89 bits per heavy atom. The minimum atomic E-state index is -4.50. The minimum absolute atomic E-state index is 0.146. The molecule has 0 saturated heterocycles. The molecule has 0 aliphatic heterocycles. The van der Waals surface area contributed by atoms with Crippen molar-refractivity contribution >= 4 is 11.3 Å². The van der Waals surface area contributed by atoms with E-state index in [4.69, 9.17) is 5.73 Å². The number of alkyl halides is 3. The van der Waals surface area contributed by atoms with E-state index >= 15 is 0 Å². The Kier molecular flexibility index (Phi) is 3.41. The molecular formula is C12H9F4NS. The molecule has 1 aromatic heterocycles. The maximum Gasteiger partial charge on any atom is 0.416 e. The molecule has 2 aromatic rings. The average molecular weight is 275 g/mol. The van der Waals surface area contributed by atoms with Crippen LogP contribution in [0.4, 0.5) is 17.6 Å². The molecule has 0 aliphatic carbocycles. The smallest absolute Gasteiger partial charge is 0.320 e. The molecule has 1 heterocycles. The Labute approximate surface area is 105 Å². The quantitative estimate of drug-likeness (QED) is 0.825. The number of nitrogens with two attached hydrogens (primary N) is 1. The molecule has 2 N–H and O–H groups in total. The number of halogens is 4. The normalized spacial score (nSPS) is 13.6. The van der Waals surface area contributed by atoms with Crippen LogP contribution in [0, 0.1) is 5.82 Å². The van der Waals surface area contributed by atoms with Crippen molar-refractivity contribution < 1.29 is 17.6 Å². The lowest BCUT2D eigenvalue weighted by Crippen LogP contribution is -2.14. The molecule has 18 heavy (non-hydrogen) atoms. The Morgan fingerprint density at radius 1 is 1.17 bits per heavy atom. The number of hydrogen-bond donors (Lipinski definition) is 1. The summed E-state index contributed by atoms with van der Waals surface area (Å²) in [7, 11) is 0. The second kappa shape index (κ2) is 4.70. The SMILES string of the molecule is NC(c1cccs1)c1cc(C(F)(F)F)ccc1F. The summed E-state index contributed by atoms with van der Waals surface area (Å²) in [5.74, 6) is -0.732. The monoisotopic (exact) mass is 275 g/mol. The van der Waals surface area contributed by atoms with Gasteiger partial charge in [-0.05, 0) is 29.6 Å². The first-order chi connectivity index (χ1) is 8.39. The first kappa shape index (κ1) is 13.0. The number of benzene rings is 1. The highest BCUT2D eigenvalue weighted by molar-refractivity contribution is 7.10. The minimum Gasteiger partial charge on any atom is -0.320 e. The summed E-state index contributed by atoms with van der Waals surface area (Å²) in [6.07, 6.45) is -4.50. The topological polar surface area (TPSA) is 26.0 Å². The highest BCUT2D eigenvalue weighted by Gasteiger charge is 2.31. The summed E-state index contributed by atoms with van der Waals surface area (Å²) in [5, 5.41) is 1.74. The summed E-state index contributed by atoms with van der Waals surface area (Å²) in [6, 6.07) is 4.76. The molecule has 0 fully saturated rings. The van der Waals surface area contributed by atoms with Gasteiger partial charge in [0, 0.05) is 10.4 Å². The third-order valence-electron chi connectivity index (χ3n) is 2.51. The Balaban J connectivity index is 2.44. The van der Waals surface area contributed by atoms with E-state index in [9.17, 15) is 17.6 Å². The molecule has 0 bridgehead atoms. The van der Waals surface area contributed by atoms with Gasteiger partial charge in [0.1, 0.15) is 5.82 Å². The molecule has 1 aromatic carbocycles. The third kappa shape index (κ3) is 2.54. The molecule has 0 aliphatic rings. The van der Waals surface area contributed by atoms with Crippen LogP contribution in [0.1, 0.15) is 22.0 Å². The van der Waals surface area contributed by atoms with Crippen molar-refractivity contribution in [2.75, 3.05) is 0 Å². The zero-order chi connectivity index (χ0) is 13.3. The van der Waals surface area contributed by atoms with Gasteiger partial charge in [-0.25, -0.2) is 4.39 Å². The van der Waals surface area contributed by atoms with Gasteiger partial charge >= 0.3 is 6.18 Å². The molecular weight excluding hydrogens is 266 g/mol. The molecule has 0 radical (unpaired) electrons. The van der Waals surface area contributed by atoms with Crippen LogP contribution >= 0.6 is 11.3 Å². The van der Waals surface area contributed by atoms with Crippen LogP contribution in [-0.2, 0) is 6.18 Å². The lowest BCUT2D eigenvalue weighted by molar-refractivity contribution is -0.137. The van der Waals surface area contributed by atoms with Gasteiger partial charge in [0.05, 0.1) is 11.6 Å². The van der Waals surface area contributed by atoms with Crippen molar-refractivity contribution in [2.24, 2.45) is 5.73 Å². The predicted octanol–water partition coefficient (Wildman–Crippen LogP) is 3.95. The van der Waals surface area contributed by atoms with Crippen LogP contribution in [0.5, 0.6) is 0 Å². The van der Waals surface area contributed by atoms with E-state index < -0.39 is 23.6 Å². The molecule has 2 rings (SSSR count). The van der Waals surface area contributed by atoms with E-state index in [-0.39, 0.29) is 5.56 Å². The summed E-state index contributed by atoms with van der Waals surface area (Å²) < 4.78 is 51.2. The Hall–Kier alpha value is -1.40. The lowest BCUT2D eigenvalue weighted by Gasteiger charge is -2.14. The lowest BCUT2D eigenvalue weighted by atomic mass is 10.0. The summed E-state index contributed by atoms with van der Waals surface area (Å²) in [5.41, 5.74) is 4.73. The maximum absolute atomic E-state index is 13.6. The number of thiophene rings is 1. The van der Waals surface area contributed by atoms with Crippen LogP contribution in [0.25, 0.3) is 0 Å². The van der Waals surface area contributed by atoms with Crippen molar-refractivity contribution in [3.63, 3.8) is 0 Å². The fraction of sp³-hybridized carbons (Fsp3) is 0.167. The van der Waals surface area contributed by atoms with E-state index in [1.807, 2.05) is 0 Å². The Bertz CT molecular complexity index is 534. The average Bonchev–Trinajstić information content (AvgIpc) is 2.80. The highest BCUT2D eigenvalue weighted by Crippen LogP contribution is 2.33. The van der Waals surface area contributed by atoms with E-state index in [1.54, 1.807) is 17.5 Å². The van der Waals surface area contributed by atoms with E-state index in [2.05, 4.69) is 0 Å². The standard InChI is InChI=1S/C12H9F4NS/c13-9-4-3-7(12(14,15)16)6-8(9)11(17)10-2-1-5-18-10/h1-6,11H,17H2. The van der Waals surface area contributed by atoms with Gasteiger partial charge in [0.2, 0.25) is 0 Å². The second-order valence-electron chi connectivity index (χ2n) is 3.73. The highest BCUT2D eigenvalue weighted by atomic mass is 32.1. The van der Waals surface area contributed by atoms with Crippen molar-refractivity contribution in [3.05, 3.63) is 57.5 Å². The molecule has 1 atom stereocenters. The van der Waals surface area contributed by atoms with E-state index in [0.717, 1.165) is 12.1 Å². The second-order valence-corrected chi connectivity index (χ2v) is 4.71. The van der Waals surface area contributed by atoms with Crippen molar-refractivity contribution in [3.8, 4) is 0 Å². The van der Waals surface area contributed by atoms with Gasteiger partial charge < -0.3 is 5.73 Å². The molecule has 0 spiro atoms. The fourth-order valence-corrected chi connectivity index (χ4v) is 2.32. The zero-order valence-corrected chi connectivity index (χ0v) is 9.86. The van der Waals surface area contributed by atoms with Crippen molar-refractivity contribution in [1.82, 2.24) is 0 Å². The molecule has 1 unspecified atom stereocenters. The first-order valence-corrected chi connectivity index (χ1v) is 5.93. The van der Waals surface area contributed by atoms with Crippen LogP contribution in [0.3, 0.4) is 0 Å². The van der Waals surface area contributed by atoms with Crippen LogP contribution in [0.2, 0.25) is 0 Å². The summed E-state index contributed by atoms with van der Waals surface area (Å²) >= 11 is 1.27. The Morgan fingerprint density at radius 3 is 2.44 bits per heavy atom. The van der Waals surface area contributed by atoms with Gasteiger partial charge in [0.15, 0.2) is 0 Å². The maximum atomic E-state index is 13.6. The number of hydrogen-bond acceptors (Lipinski definition) is 2. The predicted molar refractivity (Wildman–Crippen MR) is 61.8 cm³/mol. The largest absolute Gasteiger partial charge is 0.416 e. The van der Waals surface area contributed by atoms with Crippen LogP contribution in [0.15, 0.2) is 35.7 Å². The fourth-order valence-electron chi connectivity index (χ4n) is 1.58. The summed E-state index contributed by atoms with van der Waals surface area (Å²) in [6.45, 7) is 0. The van der Waals surface area contributed by atoms with Gasteiger partial charge in [-0.1, -0.05) is 6.07 Å². The van der Waals surface area contributed by atoms with Gasteiger partial charge in [-0.15, -0.1) is 11.3 Å². The third-order valence-corrected chi connectivity index (χ3v) is 3.46. The summed E-state index contributed by atoms with van der Waals surface area (Å²) in [4.78, 5) is 0.619. The van der Waals surface area contributed by atoms with Crippen molar-refractivity contribution in [2.45, 2.75) is 12.2 Å². The molecule has 0 saturated carbocycles. The first-order valence-electron chi connectivity index (χ1n) is 5.05. The number of rotatable bonds is 2. The van der Waals surface area contributed by atoms with Gasteiger partial charge in [-0.3, -0.25) is 0 Å². The van der Waals surface area contributed by atoms with Gasteiger partial charge in [0.25, 0.3) is 0 Å².